The summed E-state index contributed by atoms with van der Waals surface area (Å²) in [6.45, 7) is 4.78. The van der Waals surface area contributed by atoms with Crippen LogP contribution in [0.15, 0.2) is 0 Å². The summed E-state index contributed by atoms with van der Waals surface area (Å²) in [7, 11) is 0. The van der Waals surface area contributed by atoms with Crippen molar-refractivity contribution in [2.24, 2.45) is 11.7 Å². The van der Waals surface area contributed by atoms with Crippen molar-refractivity contribution in [3.8, 4) is 0 Å². The normalized spacial score (nSPS) is 24.2. The number of piperidine rings is 1. The number of alkyl halides is 3. The van der Waals surface area contributed by atoms with Crippen LogP contribution in [0.25, 0.3) is 0 Å². The number of rotatable bonds is 6. The van der Waals surface area contributed by atoms with Crippen molar-refractivity contribution in [1.29, 1.82) is 0 Å². The molecule has 0 radical (unpaired) electrons. The SMILES string of the molecule is CC(CCCC(F)(F)F)N1CCCC(CCN)C1. The Balaban J connectivity index is 2.26. The van der Waals surface area contributed by atoms with Crippen LogP contribution in [0.5, 0.6) is 0 Å². The predicted molar refractivity (Wildman–Crippen MR) is 67.3 cm³/mol. The van der Waals surface area contributed by atoms with E-state index >= 15 is 0 Å². The summed E-state index contributed by atoms with van der Waals surface area (Å²) in [5.41, 5.74) is 5.57. The molecule has 108 valence electrons. The van der Waals surface area contributed by atoms with Crippen LogP contribution in [-0.4, -0.2) is 36.8 Å². The molecule has 2 N–H and O–H groups in total. The highest BCUT2D eigenvalue weighted by Crippen LogP contribution is 2.25. The number of hydrogen-bond donors (Lipinski definition) is 1. The molecule has 5 heteroatoms. The molecule has 1 rings (SSSR count). The lowest BCUT2D eigenvalue weighted by Gasteiger charge is -2.37. The van der Waals surface area contributed by atoms with Crippen LogP contribution in [-0.2, 0) is 0 Å². The molecule has 0 aliphatic carbocycles. The first-order valence-electron chi connectivity index (χ1n) is 6.93. The van der Waals surface area contributed by atoms with Crippen molar-refractivity contribution in [2.75, 3.05) is 19.6 Å². The molecule has 2 nitrogen and oxygen atoms in total. The summed E-state index contributed by atoms with van der Waals surface area (Å²) in [5, 5.41) is 0. The van der Waals surface area contributed by atoms with E-state index in [9.17, 15) is 13.2 Å². The Bertz CT molecular complexity index is 229. The Morgan fingerprint density at radius 1 is 1.39 bits per heavy atom. The summed E-state index contributed by atoms with van der Waals surface area (Å²) < 4.78 is 36.2. The van der Waals surface area contributed by atoms with Gasteiger partial charge in [-0.3, -0.25) is 0 Å². The van der Waals surface area contributed by atoms with Gasteiger partial charge in [-0.15, -0.1) is 0 Å². The number of hydrogen-bond acceptors (Lipinski definition) is 2. The lowest BCUT2D eigenvalue weighted by molar-refractivity contribution is -0.136. The van der Waals surface area contributed by atoms with Crippen LogP contribution in [0, 0.1) is 5.92 Å². The topological polar surface area (TPSA) is 29.3 Å². The molecule has 2 unspecified atom stereocenters. The number of nitrogens with zero attached hydrogens (tertiary/aromatic N) is 1. The molecule has 1 aliphatic rings. The average molecular weight is 266 g/mol. The molecule has 0 aromatic rings. The van der Waals surface area contributed by atoms with Gasteiger partial charge in [0.05, 0.1) is 0 Å². The summed E-state index contributed by atoms with van der Waals surface area (Å²) in [5.74, 6) is 0.633. The molecule has 0 aromatic carbocycles. The zero-order valence-corrected chi connectivity index (χ0v) is 11.2. The maximum atomic E-state index is 12.1. The fourth-order valence-electron chi connectivity index (χ4n) is 2.75. The van der Waals surface area contributed by atoms with Crippen molar-refractivity contribution < 1.29 is 13.2 Å². The minimum absolute atomic E-state index is 0.239. The Hall–Kier alpha value is -0.290. The van der Waals surface area contributed by atoms with Gasteiger partial charge in [0, 0.05) is 19.0 Å². The van der Waals surface area contributed by atoms with Gasteiger partial charge in [0.15, 0.2) is 0 Å². The van der Waals surface area contributed by atoms with E-state index in [0.29, 0.717) is 18.9 Å². The van der Waals surface area contributed by atoms with Crippen molar-refractivity contribution in [3.05, 3.63) is 0 Å². The fourth-order valence-corrected chi connectivity index (χ4v) is 2.75. The maximum Gasteiger partial charge on any atom is 0.389 e. The third-order valence-electron chi connectivity index (χ3n) is 3.83. The van der Waals surface area contributed by atoms with Crippen molar-refractivity contribution in [1.82, 2.24) is 4.90 Å². The first-order chi connectivity index (χ1) is 8.42. The molecule has 0 spiro atoms. The molecular formula is C13H25F3N2. The van der Waals surface area contributed by atoms with Crippen molar-refractivity contribution >= 4 is 0 Å². The van der Waals surface area contributed by atoms with E-state index in [4.69, 9.17) is 5.73 Å². The Labute approximate surface area is 108 Å². The second-order valence-corrected chi connectivity index (χ2v) is 5.44. The van der Waals surface area contributed by atoms with E-state index in [0.717, 1.165) is 25.9 Å². The van der Waals surface area contributed by atoms with Gasteiger partial charge in [-0.05, 0) is 58.0 Å². The highest BCUT2D eigenvalue weighted by molar-refractivity contribution is 4.77. The molecule has 2 atom stereocenters. The summed E-state index contributed by atoms with van der Waals surface area (Å²) in [6.07, 6.45) is -0.401. The smallest absolute Gasteiger partial charge is 0.330 e. The minimum Gasteiger partial charge on any atom is -0.330 e. The molecule has 1 aliphatic heterocycles. The summed E-state index contributed by atoms with van der Waals surface area (Å²) >= 11 is 0. The molecule has 0 aromatic heterocycles. The molecule has 0 bridgehead atoms. The van der Waals surface area contributed by atoms with E-state index < -0.39 is 12.6 Å². The van der Waals surface area contributed by atoms with Crippen LogP contribution in [0.2, 0.25) is 0 Å². The predicted octanol–water partition coefficient (Wildman–Crippen LogP) is 3.17. The van der Waals surface area contributed by atoms with Gasteiger partial charge in [0.1, 0.15) is 0 Å². The lowest BCUT2D eigenvalue weighted by atomic mass is 9.93. The highest BCUT2D eigenvalue weighted by Gasteiger charge is 2.28. The van der Waals surface area contributed by atoms with Crippen molar-refractivity contribution in [2.45, 2.75) is 57.7 Å². The fraction of sp³-hybridized carbons (Fsp3) is 1.00. The van der Waals surface area contributed by atoms with Crippen molar-refractivity contribution in [3.63, 3.8) is 0 Å². The largest absolute Gasteiger partial charge is 0.389 e. The standard InChI is InChI=1S/C13H25F3N2/c1-11(4-2-7-13(14,15)16)18-9-3-5-12(10-18)6-8-17/h11-12H,2-10,17H2,1H3. The van der Waals surface area contributed by atoms with Crippen LogP contribution < -0.4 is 5.73 Å². The second-order valence-electron chi connectivity index (χ2n) is 5.44. The van der Waals surface area contributed by atoms with E-state index in [1.807, 2.05) is 6.92 Å². The van der Waals surface area contributed by atoms with E-state index in [2.05, 4.69) is 4.90 Å². The molecule has 1 saturated heterocycles. The van der Waals surface area contributed by atoms with Crippen LogP contribution >= 0.6 is 0 Å². The maximum absolute atomic E-state index is 12.1. The van der Waals surface area contributed by atoms with Gasteiger partial charge in [0.2, 0.25) is 0 Å². The quantitative estimate of drug-likeness (QED) is 0.800. The van der Waals surface area contributed by atoms with E-state index in [-0.39, 0.29) is 12.5 Å². The molecule has 0 amide bonds. The lowest BCUT2D eigenvalue weighted by Crippen LogP contribution is -2.41. The zero-order valence-electron chi connectivity index (χ0n) is 11.2. The minimum atomic E-state index is -4.01. The highest BCUT2D eigenvalue weighted by atomic mass is 19.4. The molecular weight excluding hydrogens is 241 g/mol. The monoisotopic (exact) mass is 266 g/mol. The average Bonchev–Trinajstić information content (AvgIpc) is 2.28. The van der Waals surface area contributed by atoms with Gasteiger partial charge in [-0.2, -0.15) is 13.2 Å². The van der Waals surface area contributed by atoms with Gasteiger partial charge in [-0.25, -0.2) is 0 Å². The Morgan fingerprint density at radius 2 is 2.11 bits per heavy atom. The van der Waals surface area contributed by atoms with Gasteiger partial charge >= 0.3 is 6.18 Å². The number of likely N-dealkylation sites (tertiary alicyclic amines) is 1. The Morgan fingerprint density at radius 3 is 2.72 bits per heavy atom. The molecule has 1 heterocycles. The molecule has 0 saturated carbocycles. The third kappa shape index (κ3) is 6.05. The first-order valence-corrected chi connectivity index (χ1v) is 6.93. The summed E-state index contributed by atoms with van der Waals surface area (Å²) in [4.78, 5) is 2.33. The molecule has 18 heavy (non-hydrogen) atoms. The second kappa shape index (κ2) is 7.34. The molecule has 1 fully saturated rings. The Kier molecular flexibility index (Phi) is 6.43. The number of nitrogens with two attached hydrogens (primary N) is 1. The first kappa shape index (κ1) is 15.8. The summed E-state index contributed by atoms with van der Waals surface area (Å²) in [6, 6.07) is 0.257. The van der Waals surface area contributed by atoms with Gasteiger partial charge in [-0.1, -0.05) is 0 Å². The van der Waals surface area contributed by atoms with E-state index in [1.165, 1.54) is 6.42 Å². The van der Waals surface area contributed by atoms with Gasteiger partial charge in [0.25, 0.3) is 0 Å². The van der Waals surface area contributed by atoms with Crippen LogP contribution in [0.3, 0.4) is 0 Å². The van der Waals surface area contributed by atoms with Gasteiger partial charge < -0.3 is 10.6 Å². The third-order valence-corrected chi connectivity index (χ3v) is 3.83. The van der Waals surface area contributed by atoms with Crippen LogP contribution in [0.1, 0.15) is 45.4 Å². The zero-order chi connectivity index (χ0) is 13.6. The van der Waals surface area contributed by atoms with Crippen LogP contribution in [0.4, 0.5) is 13.2 Å². The van der Waals surface area contributed by atoms with E-state index in [1.54, 1.807) is 0 Å². The number of halogens is 3.